The van der Waals surface area contributed by atoms with Crippen molar-refractivity contribution >= 4 is 27.3 Å². The summed E-state index contributed by atoms with van der Waals surface area (Å²) in [7, 11) is 0. The number of aliphatic hydroxyl groups is 1. The Kier molecular flexibility index (Phi) is 3.77. The molecule has 2 rings (SSSR count). The molecule has 1 aromatic rings. The van der Waals surface area contributed by atoms with Crippen molar-refractivity contribution in [2.24, 2.45) is 11.8 Å². The van der Waals surface area contributed by atoms with Crippen LogP contribution >= 0.6 is 27.3 Å². The molecule has 16 heavy (non-hydrogen) atoms. The number of thiophene rings is 1. The Labute approximate surface area is 110 Å². The van der Waals surface area contributed by atoms with Crippen molar-refractivity contribution in [1.82, 2.24) is 0 Å². The van der Waals surface area contributed by atoms with E-state index in [1.807, 2.05) is 11.4 Å². The van der Waals surface area contributed by atoms with Crippen LogP contribution in [0.15, 0.2) is 15.9 Å². The summed E-state index contributed by atoms with van der Waals surface area (Å²) in [5.74, 6) is 1.54. The predicted octanol–water partition coefficient (Wildman–Crippen LogP) is 4.54. The summed E-state index contributed by atoms with van der Waals surface area (Å²) in [5.41, 5.74) is -0.571. The number of rotatable bonds is 2. The van der Waals surface area contributed by atoms with Crippen LogP contribution in [0.1, 0.15) is 44.4 Å². The second kappa shape index (κ2) is 4.79. The van der Waals surface area contributed by atoms with Gasteiger partial charge in [-0.15, -0.1) is 11.3 Å². The van der Waals surface area contributed by atoms with Crippen molar-refractivity contribution in [3.05, 3.63) is 20.8 Å². The van der Waals surface area contributed by atoms with Gasteiger partial charge >= 0.3 is 0 Å². The van der Waals surface area contributed by atoms with Gasteiger partial charge < -0.3 is 5.11 Å². The molecule has 1 N–H and O–H groups in total. The van der Waals surface area contributed by atoms with Crippen molar-refractivity contribution in [3.63, 3.8) is 0 Å². The van der Waals surface area contributed by atoms with E-state index in [0.717, 1.165) is 46.9 Å². The molecule has 0 saturated heterocycles. The lowest BCUT2D eigenvalue weighted by Crippen LogP contribution is -2.32. The van der Waals surface area contributed by atoms with Gasteiger partial charge in [-0.1, -0.05) is 13.8 Å². The van der Waals surface area contributed by atoms with E-state index >= 15 is 0 Å². The second-order valence-corrected chi connectivity index (χ2v) is 6.98. The molecule has 1 aliphatic rings. The topological polar surface area (TPSA) is 20.2 Å². The zero-order valence-electron chi connectivity index (χ0n) is 9.87. The number of hydrogen-bond donors (Lipinski definition) is 1. The van der Waals surface area contributed by atoms with Crippen molar-refractivity contribution < 1.29 is 5.11 Å². The fraction of sp³-hybridized carbons (Fsp3) is 0.692. The first-order chi connectivity index (χ1) is 7.53. The Balaban J connectivity index is 2.10. The average Bonchev–Trinajstić information content (AvgIpc) is 2.66. The van der Waals surface area contributed by atoms with Crippen molar-refractivity contribution in [3.8, 4) is 0 Å². The molecule has 0 atom stereocenters. The van der Waals surface area contributed by atoms with Crippen LogP contribution in [0.2, 0.25) is 0 Å². The molecule has 0 aliphatic heterocycles. The van der Waals surface area contributed by atoms with E-state index in [1.165, 1.54) is 0 Å². The number of halogens is 1. The van der Waals surface area contributed by atoms with Gasteiger partial charge in [0, 0.05) is 4.47 Å². The summed E-state index contributed by atoms with van der Waals surface area (Å²) in [6.45, 7) is 4.58. The Hall–Kier alpha value is 0.140. The minimum Gasteiger partial charge on any atom is -0.384 e. The predicted molar refractivity (Wildman–Crippen MR) is 72.7 cm³/mol. The van der Waals surface area contributed by atoms with E-state index in [1.54, 1.807) is 11.3 Å². The highest BCUT2D eigenvalue weighted by molar-refractivity contribution is 9.10. The van der Waals surface area contributed by atoms with E-state index in [4.69, 9.17) is 0 Å². The summed E-state index contributed by atoms with van der Waals surface area (Å²) < 4.78 is 1.07. The molecular weight excluding hydrogens is 284 g/mol. The maximum atomic E-state index is 10.7. The average molecular weight is 303 g/mol. The summed E-state index contributed by atoms with van der Waals surface area (Å²) >= 11 is 5.20. The lowest BCUT2D eigenvalue weighted by atomic mass is 9.74. The highest BCUT2D eigenvalue weighted by atomic mass is 79.9. The van der Waals surface area contributed by atoms with Gasteiger partial charge in [0.25, 0.3) is 0 Å². The van der Waals surface area contributed by atoms with Gasteiger partial charge in [-0.25, -0.2) is 0 Å². The largest absolute Gasteiger partial charge is 0.384 e. The first-order valence-corrected chi connectivity index (χ1v) is 7.66. The molecule has 1 saturated carbocycles. The third-order valence-corrected chi connectivity index (χ3v) is 5.87. The number of hydrogen-bond acceptors (Lipinski definition) is 2. The molecule has 90 valence electrons. The smallest absolute Gasteiger partial charge is 0.0999 e. The normalized spacial score (nSPS) is 30.9. The summed E-state index contributed by atoms with van der Waals surface area (Å²) in [5, 5.41) is 12.7. The highest BCUT2D eigenvalue weighted by Crippen LogP contribution is 2.45. The van der Waals surface area contributed by atoms with E-state index in [-0.39, 0.29) is 0 Å². The first kappa shape index (κ1) is 12.6. The van der Waals surface area contributed by atoms with Crippen molar-refractivity contribution in [2.75, 3.05) is 0 Å². The van der Waals surface area contributed by atoms with Crippen LogP contribution in [0.3, 0.4) is 0 Å². The first-order valence-electron chi connectivity index (χ1n) is 5.99. The Bertz CT molecular complexity index is 351. The fourth-order valence-corrected chi connectivity index (χ4v) is 4.54. The Morgan fingerprint density at radius 3 is 2.50 bits per heavy atom. The quantitative estimate of drug-likeness (QED) is 0.850. The fourth-order valence-electron chi connectivity index (χ4n) is 2.64. The van der Waals surface area contributed by atoms with Crippen molar-refractivity contribution in [2.45, 2.75) is 45.1 Å². The summed E-state index contributed by atoms with van der Waals surface area (Å²) in [6, 6.07) is 2.03. The van der Waals surface area contributed by atoms with Crippen LogP contribution in [-0.2, 0) is 5.60 Å². The maximum absolute atomic E-state index is 10.7. The Morgan fingerprint density at radius 2 is 2.06 bits per heavy atom. The molecule has 0 spiro atoms. The van der Waals surface area contributed by atoms with Gasteiger partial charge in [0.05, 0.1) is 10.5 Å². The van der Waals surface area contributed by atoms with E-state index in [2.05, 4.69) is 29.8 Å². The van der Waals surface area contributed by atoms with Gasteiger partial charge in [0.15, 0.2) is 0 Å². The third-order valence-electron chi connectivity index (χ3n) is 3.84. The third kappa shape index (κ3) is 2.36. The van der Waals surface area contributed by atoms with Crippen molar-refractivity contribution in [1.29, 1.82) is 0 Å². The molecule has 1 heterocycles. The van der Waals surface area contributed by atoms with Gasteiger partial charge in [-0.05, 0) is 64.9 Å². The summed E-state index contributed by atoms with van der Waals surface area (Å²) in [4.78, 5) is 1.12. The molecule has 1 aliphatic carbocycles. The molecule has 1 nitrogen and oxygen atoms in total. The maximum Gasteiger partial charge on any atom is 0.0999 e. The summed E-state index contributed by atoms with van der Waals surface area (Å²) in [6.07, 6.45) is 4.13. The molecule has 0 amide bonds. The molecule has 0 aromatic carbocycles. The van der Waals surface area contributed by atoms with Crippen LogP contribution < -0.4 is 0 Å². The molecular formula is C13H19BrOS. The molecule has 0 bridgehead atoms. The monoisotopic (exact) mass is 302 g/mol. The molecule has 1 aromatic heterocycles. The van der Waals surface area contributed by atoms with Gasteiger partial charge in [-0.2, -0.15) is 0 Å². The van der Waals surface area contributed by atoms with Crippen LogP contribution in [0, 0.1) is 11.8 Å². The zero-order valence-corrected chi connectivity index (χ0v) is 12.3. The van der Waals surface area contributed by atoms with Crippen LogP contribution in [-0.4, -0.2) is 5.11 Å². The SMILES string of the molecule is CC(C)C1CCC(O)(c2sccc2Br)CC1. The van der Waals surface area contributed by atoms with Gasteiger partial charge in [0.2, 0.25) is 0 Å². The van der Waals surface area contributed by atoms with Crippen LogP contribution in [0.25, 0.3) is 0 Å². The van der Waals surface area contributed by atoms with Crippen LogP contribution in [0.5, 0.6) is 0 Å². The van der Waals surface area contributed by atoms with Gasteiger partial charge in [-0.3, -0.25) is 0 Å². The molecule has 0 radical (unpaired) electrons. The van der Waals surface area contributed by atoms with Crippen LogP contribution in [0.4, 0.5) is 0 Å². The lowest BCUT2D eigenvalue weighted by molar-refractivity contribution is -0.0173. The zero-order chi connectivity index (χ0) is 11.8. The van der Waals surface area contributed by atoms with E-state index < -0.39 is 5.60 Å². The standard InChI is InChI=1S/C13H19BrOS/c1-9(2)10-3-6-13(15,7-4-10)12-11(14)5-8-16-12/h5,8-10,15H,3-4,6-7H2,1-2H3. The highest BCUT2D eigenvalue weighted by Gasteiger charge is 2.37. The Morgan fingerprint density at radius 1 is 1.44 bits per heavy atom. The minimum absolute atomic E-state index is 0.571. The second-order valence-electron chi connectivity index (χ2n) is 5.21. The van der Waals surface area contributed by atoms with Gasteiger partial charge in [0.1, 0.15) is 0 Å². The molecule has 1 fully saturated rings. The van der Waals surface area contributed by atoms with E-state index in [0.29, 0.717) is 0 Å². The molecule has 0 unspecified atom stereocenters. The minimum atomic E-state index is -0.571. The lowest BCUT2D eigenvalue weighted by Gasteiger charge is -2.37. The van der Waals surface area contributed by atoms with E-state index in [9.17, 15) is 5.11 Å². The molecule has 3 heteroatoms.